The van der Waals surface area contributed by atoms with Gasteiger partial charge in [0.2, 0.25) is 0 Å². The number of fused-ring (bicyclic) bond motifs is 5. The molecule has 1 N–H and O–H groups in total. The molecule has 0 aromatic heterocycles. The summed E-state index contributed by atoms with van der Waals surface area (Å²) in [5.74, 6) is 2.62. The first-order chi connectivity index (χ1) is 16.4. The molecule has 3 fully saturated rings. The highest BCUT2D eigenvalue weighted by Gasteiger charge is 2.62. The smallest absolute Gasteiger partial charge is 0.316 e. The minimum atomic E-state index is -0.510. The van der Waals surface area contributed by atoms with Crippen LogP contribution in [0.3, 0.4) is 0 Å². The topological polar surface area (TPSA) is 72.8 Å². The first-order valence-electron chi connectivity index (χ1n) is 14.1. The molecule has 0 aromatic rings. The average molecular weight is 489 g/mol. The third-order valence-corrected chi connectivity index (χ3v) is 10.8. The van der Waals surface area contributed by atoms with Crippen molar-refractivity contribution in [3.8, 4) is 0 Å². The monoisotopic (exact) mass is 488 g/mol. The van der Waals surface area contributed by atoms with Crippen LogP contribution in [0.15, 0.2) is 11.6 Å². The maximum Gasteiger partial charge on any atom is 0.316 e. The molecule has 5 nitrogen and oxygen atoms in total. The fourth-order valence-corrected chi connectivity index (χ4v) is 9.32. The Bertz CT molecular complexity index is 846. The summed E-state index contributed by atoms with van der Waals surface area (Å²) in [6.07, 6.45) is 13.0. The molecule has 4 aliphatic carbocycles. The molecule has 4 aliphatic rings. The van der Waals surface area contributed by atoms with Crippen molar-refractivity contribution in [1.29, 1.82) is 0 Å². The molecule has 0 bridgehead atoms. The summed E-state index contributed by atoms with van der Waals surface area (Å²) in [6.45, 7) is 10.5. The highest BCUT2D eigenvalue weighted by Crippen LogP contribution is 2.67. The molecule has 0 heterocycles. The summed E-state index contributed by atoms with van der Waals surface area (Å²) in [5.41, 5.74) is 0.576. The van der Waals surface area contributed by atoms with E-state index >= 15 is 0 Å². The Balaban J connectivity index is 1.48. The van der Waals surface area contributed by atoms with E-state index in [1.165, 1.54) is 39.7 Å². The first kappa shape index (κ1) is 26.7. The van der Waals surface area contributed by atoms with Crippen LogP contribution in [-0.4, -0.2) is 35.9 Å². The Morgan fingerprint density at radius 2 is 1.91 bits per heavy atom. The quantitative estimate of drug-likeness (QED) is 0.340. The fourth-order valence-electron chi connectivity index (χ4n) is 9.32. The van der Waals surface area contributed by atoms with Gasteiger partial charge in [-0.05, 0) is 113 Å². The summed E-state index contributed by atoms with van der Waals surface area (Å²) in [4.78, 5) is 24.7. The van der Waals surface area contributed by atoms with Crippen molar-refractivity contribution in [3.05, 3.63) is 11.6 Å². The van der Waals surface area contributed by atoms with Gasteiger partial charge in [0.1, 0.15) is 5.60 Å². The van der Waals surface area contributed by atoms with Gasteiger partial charge in [-0.2, -0.15) is 0 Å². The predicted molar refractivity (Wildman–Crippen MR) is 136 cm³/mol. The SMILES string of the molecule is COC(=O)[C@]12CC[C@H](O)CC1=CC[C@@H]1[C@@H]2CC[C@]2(C)[C@@H]([C@H](C)CCCC(C)(C)OC(C)=O)CC[C@@H]12. The van der Waals surface area contributed by atoms with Gasteiger partial charge in [0, 0.05) is 6.92 Å². The lowest BCUT2D eigenvalue weighted by atomic mass is 9.46. The van der Waals surface area contributed by atoms with Crippen molar-refractivity contribution >= 4 is 11.9 Å². The number of ether oxygens (including phenoxy) is 2. The molecule has 35 heavy (non-hydrogen) atoms. The lowest BCUT2D eigenvalue weighted by Gasteiger charge is -2.58. The van der Waals surface area contributed by atoms with Crippen molar-refractivity contribution in [2.75, 3.05) is 7.11 Å². The molecule has 8 atom stereocenters. The third-order valence-electron chi connectivity index (χ3n) is 10.8. The zero-order valence-corrected chi connectivity index (χ0v) is 22.9. The Morgan fingerprint density at radius 3 is 2.60 bits per heavy atom. The third kappa shape index (κ3) is 4.71. The molecule has 3 saturated carbocycles. The van der Waals surface area contributed by atoms with Crippen LogP contribution in [0, 0.1) is 40.4 Å². The van der Waals surface area contributed by atoms with E-state index in [0.29, 0.717) is 47.8 Å². The Labute approximate surface area is 212 Å². The average Bonchev–Trinajstić information content (AvgIpc) is 3.14. The van der Waals surface area contributed by atoms with Crippen molar-refractivity contribution in [1.82, 2.24) is 0 Å². The maximum absolute atomic E-state index is 13.3. The summed E-state index contributed by atoms with van der Waals surface area (Å²) in [5, 5.41) is 10.3. The normalized spacial score (nSPS) is 39.5. The zero-order chi connectivity index (χ0) is 25.6. The number of esters is 2. The number of hydrogen-bond acceptors (Lipinski definition) is 5. The second kappa shape index (κ2) is 9.84. The van der Waals surface area contributed by atoms with Crippen LogP contribution < -0.4 is 0 Å². The number of aliphatic hydroxyl groups excluding tert-OH is 1. The molecule has 0 unspecified atom stereocenters. The first-order valence-corrected chi connectivity index (χ1v) is 14.1. The van der Waals surface area contributed by atoms with E-state index in [4.69, 9.17) is 9.47 Å². The van der Waals surface area contributed by atoms with E-state index in [9.17, 15) is 14.7 Å². The van der Waals surface area contributed by atoms with Crippen LogP contribution in [0.5, 0.6) is 0 Å². The van der Waals surface area contributed by atoms with Gasteiger partial charge in [-0.25, -0.2) is 0 Å². The van der Waals surface area contributed by atoms with E-state index in [1.54, 1.807) is 0 Å². The fraction of sp³-hybridized carbons (Fsp3) is 0.867. The largest absolute Gasteiger partial charge is 0.468 e. The molecule has 0 amide bonds. The molecule has 5 heteroatoms. The van der Waals surface area contributed by atoms with Crippen molar-refractivity contribution < 1.29 is 24.2 Å². The molecular weight excluding hydrogens is 440 g/mol. The predicted octanol–water partition coefficient (Wildman–Crippen LogP) is 6.23. The molecule has 198 valence electrons. The standard InChI is InChI=1S/C30H48O5/c1-19(8-7-15-28(3,4)35-20(2)31)24-11-12-25-23-10-9-21-18-22(32)13-17-30(21,27(33)34-6)26(23)14-16-29(24,25)5/h9,19,22-26,32H,7-8,10-18H2,1-6H3/t19-,22+,23+,24-,25+,26+,29-,30-/m1/s1. The van der Waals surface area contributed by atoms with Crippen molar-refractivity contribution in [2.24, 2.45) is 40.4 Å². The number of carbonyl (C=O) groups excluding carboxylic acids is 2. The Hall–Kier alpha value is -1.36. The minimum Gasteiger partial charge on any atom is -0.468 e. The maximum atomic E-state index is 13.3. The highest BCUT2D eigenvalue weighted by atomic mass is 16.6. The van der Waals surface area contributed by atoms with Gasteiger partial charge >= 0.3 is 11.9 Å². The number of allylic oxidation sites excluding steroid dienone is 1. The second-order valence-corrected chi connectivity index (χ2v) is 13.2. The van der Waals surface area contributed by atoms with Crippen molar-refractivity contribution in [3.63, 3.8) is 0 Å². The van der Waals surface area contributed by atoms with Gasteiger partial charge in [-0.3, -0.25) is 9.59 Å². The molecule has 0 saturated heterocycles. The summed E-state index contributed by atoms with van der Waals surface area (Å²) in [7, 11) is 1.53. The molecule has 0 aromatic carbocycles. The minimum absolute atomic E-state index is 0.0627. The van der Waals surface area contributed by atoms with Crippen LogP contribution in [0.4, 0.5) is 0 Å². The van der Waals surface area contributed by atoms with Crippen LogP contribution in [0.25, 0.3) is 0 Å². The molecule has 4 rings (SSSR count). The van der Waals surface area contributed by atoms with Gasteiger partial charge in [-0.15, -0.1) is 0 Å². The summed E-state index contributed by atoms with van der Waals surface area (Å²) >= 11 is 0. The Morgan fingerprint density at radius 1 is 1.17 bits per heavy atom. The van der Waals surface area contributed by atoms with E-state index < -0.39 is 11.0 Å². The number of carbonyl (C=O) groups is 2. The molecular formula is C30H48O5. The van der Waals surface area contributed by atoms with Crippen LogP contribution >= 0.6 is 0 Å². The highest BCUT2D eigenvalue weighted by molar-refractivity contribution is 5.82. The number of hydrogen-bond donors (Lipinski definition) is 1. The van der Waals surface area contributed by atoms with E-state index in [1.807, 2.05) is 13.8 Å². The lowest BCUT2D eigenvalue weighted by Crippen LogP contribution is -2.55. The second-order valence-electron chi connectivity index (χ2n) is 13.2. The van der Waals surface area contributed by atoms with Gasteiger partial charge in [0.25, 0.3) is 0 Å². The molecule has 0 radical (unpaired) electrons. The van der Waals surface area contributed by atoms with Crippen LogP contribution in [-0.2, 0) is 19.1 Å². The van der Waals surface area contributed by atoms with E-state index in [0.717, 1.165) is 37.7 Å². The molecule has 0 aliphatic heterocycles. The van der Waals surface area contributed by atoms with E-state index in [2.05, 4.69) is 19.9 Å². The van der Waals surface area contributed by atoms with Gasteiger partial charge in [0.15, 0.2) is 0 Å². The number of rotatable bonds is 7. The van der Waals surface area contributed by atoms with Gasteiger partial charge < -0.3 is 14.6 Å². The van der Waals surface area contributed by atoms with Crippen molar-refractivity contribution in [2.45, 2.75) is 117 Å². The lowest BCUT2D eigenvalue weighted by molar-refractivity contribution is -0.163. The van der Waals surface area contributed by atoms with Gasteiger partial charge in [-0.1, -0.05) is 31.9 Å². The van der Waals surface area contributed by atoms with E-state index in [-0.39, 0.29) is 18.0 Å². The van der Waals surface area contributed by atoms with Crippen LogP contribution in [0.1, 0.15) is 105 Å². The van der Waals surface area contributed by atoms with Crippen LogP contribution in [0.2, 0.25) is 0 Å². The summed E-state index contributed by atoms with van der Waals surface area (Å²) in [6, 6.07) is 0. The Kier molecular flexibility index (Phi) is 7.50. The summed E-state index contributed by atoms with van der Waals surface area (Å²) < 4.78 is 10.9. The molecule has 0 spiro atoms. The van der Waals surface area contributed by atoms with Gasteiger partial charge in [0.05, 0.1) is 18.6 Å². The number of methoxy groups -OCH3 is 1. The number of aliphatic hydroxyl groups is 1. The zero-order valence-electron chi connectivity index (χ0n) is 22.9.